The molecule has 3 aromatic rings. The molecule has 0 atom stereocenters. The van der Waals surface area contributed by atoms with Gasteiger partial charge in [0.25, 0.3) is 0 Å². The number of benzene rings is 3. The van der Waals surface area contributed by atoms with Crippen LogP contribution in [0.3, 0.4) is 0 Å². The lowest BCUT2D eigenvalue weighted by Gasteiger charge is -2.26. The summed E-state index contributed by atoms with van der Waals surface area (Å²) in [6.07, 6.45) is 0. The fourth-order valence-corrected chi connectivity index (χ4v) is 3.27. The van der Waals surface area contributed by atoms with E-state index >= 15 is 0 Å². The van der Waals surface area contributed by atoms with Gasteiger partial charge in [-0.05, 0) is 53.7 Å². The number of rotatable bonds is 5. The predicted molar refractivity (Wildman–Crippen MR) is 115 cm³/mol. The average Bonchev–Trinajstić information content (AvgIpc) is 2.64. The summed E-state index contributed by atoms with van der Waals surface area (Å²) in [4.78, 5) is 2.08. The maximum absolute atomic E-state index is 6.35. The van der Waals surface area contributed by atoms with E-state index in [4.69, 9.17) is 35.4 Å². The van der Waals surface area contributed by atoms with Crippen molar-refractivity contribution in [1.29, 1.82) is 0 Å². The SMILES string of the molecule is S=C(Nc1ccccc1)N(Cc1cccc(Cl)c1)Cc1ccccc1Cl. The van der Waals surface area contributed by atoms with Crippen LogP contribution in [0, 0.1) is 0 Å². The summed E-state index contributed by atoms with van der Waals surface area (Å²) < 4.78 is 0. The summed E-state index contributed by atoms with van der Waals surface area (Å²) in [5.74, 6) is 0. The van der Waals surface area contributed by atoms with Gasteiger partial charge in [-0.2, -0.15) is 0 Å². The number of anilines is 1. The van der Waals surface area contributed by atoms with E-state index in [0.717, 1.165) is 21.8 Å². The first-order valence-corrected chi connectivity index (χ1v) is 9.37. The Morgan fingerprint density at radius 2 is 1.58 bits per heavy atom. The van der Waals surface area contributed by atoms with Crippen LogP contribution in [-0.2, 0) is 13.1 Å². The van der Waals surface area contributed by atoms with Crippen LogP contribution < -0.4 is 5.32 Å². The molecule has 0 aliphatic carbocycles. The zero-order chi connectivity index (χ0) is 18.4. The molecule has 0 bridgehead atoms. The van der Waals surface area contributed by atoms with Crippen molar-refractivity contribution in [3.05, 3.63) is 100 Å². The van der Waals surface area contributed by atoms with E-state index in [0.29, 0.717) is 23.2 Å². The fraction of sp³-hybridized carbons (Fsp3) is 0.0952. The summed E-state index contributed by atoms with van der Waals surface area (Å²) >= 11 is 18.2. The molecule has 26 heavy (non-hydrogen) atoms. The van der Waals surface area contributed by atoms with Gasteiger partial charge in [0.15, 0.2) is 5.11 Å². The molecular weight excluding hydrogens is 383 g/mol. The first-order valence-electron chi connectivity index (χ1n) is 8.20. The molecule has 2 nitrogen and oxygen atoms in total. The summed E-state index contributed by atoms with van der Waals surface area (Å²) in [5, 5.41) is 5.37. The highest BCUT2D eigenvalue weighted by molar-refractivity contribution is 7.80. The van der Waals surface area contributed by atoms with Crippen LogP contribution in [0.5, 0.6) is 0 Å². The van der Waals surface area contributed by atoms with Crippen LogP contribution in [0.1, 0.15) is 11.1 Å². The second kappa shape index (κ2) is 9.04. The number of halogens is 2. The summed E-state index contributed by atoms with van der Waals surface area (Å²) in [6.45, 7) is 1.23. The van der Waals surface area contributed by atoms with Gasteiger partial charge in [-0.15, -0.1) is 0 Å². The first kappa shape index (κ1) is 18.7. The van der Waals surface area contributed by atoms with E-state index in [1.807, 2.05) is 78.9 Å². The Morgan fingerprint density at radius 1 is 0.846 bits per heavy atom. The van der Waals surface area contributed by atoms with E-state index in [9.17, 15) is 0 Å². The van der Waals surface area contributed by atoms with Crippen LogP contribution in [0.25, 0.3) is 0 Å². The molecular formula is C21H18Cl2N2S. The minimum atomic E-state index is 0.602. The van der Waals surface area contributed by atoms with Gasteiger partial charge in [0, 0.05) is 28.8 Å². The normalized spacial score (nSPS) is 10.4. The molecule has 3 aromatic carbocycles. The van der Waals surface area contributed by atoms with Crippen molar-refractivity contribution in [1.82, 2.24) is 4.90 Å². The lowest BCUT2D eigenvalue weighted by atomic mass is 10.1. The number of para-hydroxylation sites is 1. The van der Waals surface area contributed by atoms with E-state index in [-0.39, 0.29) is 0 Å². The quantitative estimate of drug-likeness (QED) is 0.499. The number of thiocarbonyl (C=S) groups is 1. The second-order valence-corrected chi connectivity index (χ2v) is 7.10. The van der Waals surface area contributed by atoms with Crippen LogP contribution in [-0.4, -0.2) is 10.0 Å². The summed E-state index contributed by atoms with van der Waals surface area (Å²) in [7, 11) is 0. The Labute approximate surface area is 169 Å². The molecule has 0 radical (unpaired) electrons. The van der Waals surface area contributed by atoms with Gasteiger partial charge < -0.3 is 10.2 Å². The predicted octanol–water partition coefficient (Wildman–Crippen LogP) is 6.39. The Balaban J connectivity index is 1.82. The molecule has 0 fully saturated rings. The molecule has 132 valence electrons. The fourth-order valence-electron chi connectivity index (χ4n) is 2.61. The van der Waals surface area contributed by atoms with E-state index in [2.05, 4.69) is 10.2 Å². The molecule has 0 unspecified atom stereocenters. The largest absolute Gasteiger partial charge is 0.340 e. The van der Waals surface area contributed by atoms with Gasteiger partial charge in [-0.3, -0.25) is 0 Å². The number of hydrogen-bond acceptors (Lipinski definition) is 1. The van der Waals surface area contributed by atoms with Crippen molar-refractivity contribution >= 4 is 46.2 Å². The van der Waals surface area contributed by atoms with Crippen molar-refractivity contribution in [2.45, 2.75) is 13.1 Å². The Morgan fingerprint density at radius 3 is 2.31 bits per heavy atom. The van der Waals surface area contributed by atoms with Gasteiger partial charge in [0.1, 0.15) is 0 Å². The highest BCUT2D eigenvalue weighted by Crippen LogP contribution is 2.20. The smallest absolute Gasteiger partial charge is 0.174 e. The van der Waals surface area contributed by atoms with Crippen LogP contribution >= 0.6 is 35.4 Å². The molecule has 0 heterocycles. The lowest BCUT2D eigenvalue weighted by Crippen LogP contribution is -2.33. The lowest BCUT2D eigenvalue weighted by molar-refractivity contribution is 0.413. The monoisotopic (exact) mass is 400 g/mol. The number of hydrogen-bond donors (Lipinski definition) is 1. The van der Waals surface area contributed by atoms with Gasteiger partial charge in [0.2, 0.25) is 0 Å². The maximum atomic E-state index is 6.35. The van der Waals surface area contributed by atoms with Gasteiger partial charge >= 0.3 is 0 Å². The topological polar surface area (TPSA) is 15.3 Å². The van der Waals surface area contributed by atoms with E-state index < -0.39 is 0 Å². The zero-order valence-corrected chi connectivity index (χ0v) is 16.4. The standard InChI is InChI=1S/C21H18Cl2N2S/c22-18-9-6-7-16(13-18)14-25(15-17-8-4-5-12-20(17)23)21(26)24-19-10-2-1-3-11-19/h1-13H,14-15H2,(H,24,26). The molecule has 0 aromatic heterocycles. The zero-order valence-electron chi connectivity index (χ0n) is 14.0. The highest BCUT2D eigenvalue weighted by Gasteiger charge is 2.13. The van der Waals surface area contributed by atoms with E-state index in [1.54, 1.807) is 0 Å². The summed E-state index contributed by atoms with van der Waals surface area (Å²) in [6, 6.07) is 25.5. The second-order valence-electron chi connectivity index (χ2n) is 5.87. The Kier molecular flexibility index (Phi) is 6.51. The molecule has 5 heteroatoms. The molecule has 0 amide bonds. The molecule has 0 aliphatic heterocycles. The molecule has 0 aliphatic rings. The van der Waals surface area contributed by atoms with E-state index in [1.165, 1.54) is 0 Å². The van der Waals surface area contributed by atoms with Crippen LogP contribution in [0.2, 0.25) is 10.0 Å². The van der Waals surface area contributed by atoms with Crippen molar-refractivity contribution < 1.29 is 0 Å². The maximum Gasteiger partial charge on any atom is 0.174 e. The van der Waals surface area contributed by atoms with Gasteiger partial charge in [-0.25, -0.2) is 0 Å². The molecule has 0 saturated heterocycles. The Bertz CT molecular complexity index is 884. The minimum absolute atomic E-state index is 0.602. The van der Waals surface area contributed by atoms with Crippen molar-refractivity contribution in [2.75, 3.05) is 5.32 Å². The highest BCUT2D eigenvalue weighted by atomic mass is 35.5. The molecule has 3 rings (SSSR count). The molecule has 0 spiro atoms. The molecule has 1 N–H and O–H groups in total. The van der Waals surface area contributed by atoms with Crippen LogP contribution in [0.4, 0.5) is 5.69 Å². The first-order chi connectivity index (χ1) is 12.6. The average molecular weight is 401 g/mol. The van der Waals surface area contributed by atoms with Crippen molar-refractivity contribution in [3.63, 3.8) is 0 Å². The Hall–Kier alpha value is -2.07. The van der Waals surface area contributed by atoms with Gasteiger partial charge in [-0.1, -0.05) is 71.7 Å². The van der Waals surface area contributed by atoms with Crippen molar-refractivity contribution in [3.8, 4) is 0 Å². The minimum Gasteiger partial charge on any atom is -0.340 e. The van der Waals surface area contributed by atoms with Crippen LogP contribution in [0.15, 0.2) is 78.9 Å². The number of nitrogens with zero attached hydrogens (tertiary/aromatic N) is 1. The third-order valence-corrected chi connectivity index (χ3v) is 4.86. The molecule has 0 saturated carbocycles. The van der Waals surface area contributed by atoms with Gasteiger partial charge in [0.05, 0.1) is 0 Å². The third kappa shape index (κ3) is 5.21. The summed E-state index contributed by atoms with van der Waals surface area (Å²) in [5.41, 5.74) is 3.06. The van der Waals surface area contributed by atoms with Crippen molar-refractivity contribution in [2.24, 2.45) is 0 Å². The third-order valence-electron chi connectivity index (χ3n) is 3.89. The number of nitrogens with one attached hydrogen (secondary N) is 1.